The quantitative estimate of drug-likeness (QED) is 0.493. The number of fused-ring (bicyclic) bond motifs is 5. The Labute approximate surface area is 195 Å². The van der Waals surface area contributed by atoms with Crippen molar-refractivity contribution in [1.29, 1.82) is 0 Å². The normalized spacial score (nSPS) is 44.1. The minimum absolute atomic E-state index is 0.321. The van der Waals surface area contributed by atoms with Gasteiger partial charge in [0.25, 0.3) is 0 Å². The van der Waals surface area contributed by atoms with Gasteiger partial charge in [-0.15, -0.1) is 0 Å². The van der Waals surface area contributed by atoms with Crippen molar-refractivity contribution >= 4 is 12.0 Å². The van der Waals surface area contributed by atoms with E-state index in [1.807, 2.05) is 0 Å². The number of allylic oxidation sites excluding steroid dienone is 1. The van der Waals surface area contributed by atoms with Crippen molar-refractivity contribution in [2.24, 2.45) is 40.4 Å². The van der Waals surface area contributed by atoms with Crippen molar-refractivity contribution in [2.75, 3.05) is 7.05 Å². The summed E-state index contributed by atoms with van der Waals surface area (Å²) in [6.07, 6.45) is 12.2. The van der Waals surface area contributed by atoms with Crippen LogP contribution in [0.15, 0.2) is 35.9 Å². The highest BCUT2D eigenvalue weighted by Gasteiger charge is 2.62. The monoisotopic (exact) mass is 433 g/mol. The molecular formula is C30H43NO. The molecule has 32 heavy (non-hydrogen) atoms. The topological polar surface area (TPSA) is 20.3 Å². The van der Waals surface area contributed by atoms with E-state index in [1.54, 1.807) is 5.57 Å². The molecule has 8 atom stereocenters. The molecule has 3 aliphatic carbocycles. The number of carbonyl (C=O) groups is 1. The second kappa shape index (κ2) is 8.03. The minimum atomic E-state index is 0.321. The number of hydrogen-bond donors (Lipinski definition) is 0. The summed E-state index contributed by atoms with van der Waals surface area (Å²) >= 11 is 0. The predicted octanol–water partition coefficient (Wildman–Crippen LogP) is 7.21. The van der Waals surface area contributed by atoms with E-state index in [0.717, 1.165) is 42.9 Å². The van der Waals surface area contributed by atoms with Crippen molar-refractivity contribution in [1.82, 2.24) is 4.90 Å². The van der Waals surface area contributed by atoms with Crippen LogP contribution in [0.4, 0.5) is 0 Å². The Morgan fingerprint density at radius 3 is 2.53 bits per heavy atom. The third kappa shape index (κ3) is 3.23. The van der Waals surface area contributed by atoms with Gasteiger partial charge in [-0.2, -0.15) is 0 Å². The number of nitrogens with zero attached hydrogens (tertiary/aromatic N) is 1. The molecule has 1 aromatic carbocycles. The van der Waals surface area contributed by atoms with Crippen LogP contribution in [0.25, 0.3) is 6.08 Å². The Balaban J connectivity index is 1.46. The smallest absolute Gasteiger partial charge is 0.222 e. The maximum Gasteiger partial charge on any atom is 0.222 e. The molecule has 3 saturated carbocycles. The number of hydrogen-bond acceptors (Lipinski definition) is 1. The Kier molecular flexibility index (Phi) is 5.58. The van der Waals surface area contributed by atoms with E-state index < -0.39 is 0 Å². The first-order valence-electron chi connectivity index (χ1n) is 13.3. The Bertz CT molecular complexity index is 889. The average molecular weight is 434 g/mol. The van der Waals surface area contributed by atoms with Crippen LogP contribution in [0, 0.1) is 40.4 Å². The van der Waals surface area contributed by atoms with Crippen LogP contribution >= 0.6 is 0 Å². The highest BCUT2D eigenvalue weighted by molar-refractivity contribution is 5.77. The molecule has 0 aromatic heterocycles. The molecule has 0 N–H and O–H groups in total. The van der Waals surface area contributed by atoms with Crippen molar-refractivity contribution in [3.05, 3.63) is 41.5 Å². The molecule has 2 nitrogen and oxygen atoms in total. The lowest BCUT2D eigenvalue weighted by molar-refractivity contribution is -0.157. The molecule has 1 aliphatic heterocycles. The Morgan fingerprint density at radius 2 is 1.81 bits per heavy atom. The summed E-state index contributed by atoms with van der Waals surface area (Å²) in [6.45, 7) is 10.1. The van der Waals surface area contributed by atoms with Crippen LogP contribution in [0.3, 0.4) is 0 Å². The van der Waals surface area contributed by atoms with Gasteiger partial charge in [0.2, 0.25) is 5.91 Å². The fraction of sp³-hybridized carbons (Fsp3) is 0.700. The molecule has 2 heteroatoms. The Morgan fingerprint density at radius 1 is 1.06 bits per heavy atom. The number of likely N-dealkylation sites (tertiary alicyclic amines) is 1. The van der Waals surface area contributed by atoms with Gasteiger partial charge in [-0.25, -0.2) is 0 Å². The molecule has 1 amide bonds. The van der Waals surface area contributed by atoms with E-state index >= 15 is 0 Å². The molecule has 174 valence electrons. The van der Waals surface area contributed by atoms with Crippen molar-refractivity contribution in [3.8, 4) is 0 Å². The Hall–Kier alpha value is -1.57. The van der Waals surface area contributed by atoms with Gasteiger partial charge in [-0.3, -0.25) is 4.79 Å². The third-order valence-corrected chi connectivity index (χ3v) is 10.9. The minimum Gasteiger partial charge on any atom is -0.342 e. The fourth-order valence-corrected chi connectivity index (χ4v) is 9.48. The summed E-state index contributed by atoms with van der Waals surface area (Å²) in [6, 6.07) is 11.4. The second-order valence-corrected chi connectivity index (χ2v) is 12.2. The molecule has 1 saturated heterocycles. The van der Waals surface area contributed by atoms with Crippen LogP contribution in [0.2, 0.25) is 0 Å². The number of benzene rings is 1. The van der Waals surface area contributed by atoms with E-state index in [2.05, 4.69) is 76.1 Å². The number of rotatable bonds is 3. The summed E-state index contributed by atoms with van der Waals surface area (Å²) in [5.41, 5.74) is 3.79. The maximum absolute atomic E-state index is 12.4. The van der Waals surface area contributed by atoms with Gasteiger partial charge < -0.3 is 4.90 Å². The molecular weight excluding hydrogens is 390 g/mol. The van der Waals surface area contributed by atoms with Gasteiger partial charge >= 0.3 is 0 Å². The summed E-state index contributed by atoms with van der Waals surface area (Å²) < 4.78 is 0. The van der Waals surface area contributed by atoms with Gasteiger partial charge in [0.15, 0.2) is 0 Å². The van der Waals surface area contributed by atoms with Crippen molar-refractivity contribution < 1.29 is 4.79 Å². The van der Waals surface area contributed by atoms with Crippen LogP contribution in [-0.4, -0.2) is 23.9 Å². The molecule has 1 heterocycles. The highest BCUT2D eigenvalue weighted by atomic mass is 16.2. The molecule has 1 unspecified atom stereocenters. The van der Waals surface area contributed by atoms with Gasteiger partial charge in [-0.1, -0.05) is 69.7 Å². The van der Waals surface area contributed by atoms with E-state index in [9.17, 15) is 4.79 Å². The van der Waals surface area contributed by atoms with Crippen molar-refractivity contribution in [2.45, 2.75) is 85.1 Å². The first kappa shape index (κ1) is 22.2. The SMILES string of the molecule is CCC(=Cc1ccccc1)[C@H]1C(C)C[C@H]2[C@@H]3CC[C@H]4N(C)C(=O)CC[C@]4(C)[C@H]3CC[C@]12C. The average Bonchev–Trinajstić information content (AvgIpc) is 3.06. The number of piperidine rings is 1. The fourth-order valence-electron chi connectivity index (χ4n) is 9.48. The molecule has 4 fully saturated rings. The van der Waals surface area contributed by atoms with E-state index in [-0.39, 0.29) is 0 Å². The van der Waals surface area contributed by atoms with E-state index in [0.29, 0.717) is 28.7 Å². The number of amides is 1. The van der Waals surface area contributed by atoms with Gasteiger partial charge in [0.05, 0.1) is 0 Å². The van der Waals surface area contributed by atoms with Gasteiger partial charge in [0, 0.05) is 19.5 Å². The largest absolute Gasteiger partial charge is 0.342 e. The lowest BCUT2D eigenvalue weighted by Gasteiger charge is -2.62. The molecule has 0 radical (unpaired) electrons. The van der Waals surface area contributed by atoms with Crippen LogP contribution in [-0.2, 0) is 4.79 Å². The van der Waals surface area contributed by atoms with E-state index in [4.69, 9.17) is 0 Å². The first-order valence-corrected chi connectivity index (χ1v) is 13.3. The van der Waals surface area contributed by atoms with Crippen molar-refractivity contribution in [3.63, 3.8) is 0 Å². The standard InChI is InChI=1S/C30H43NO/c1-6-22(19-21-10-8-7-9-11-21)28-20(2)18-25-23-12-13-26-29(3,17-15-27(32)31(26)5)24(23)14-16-30(25,28)4/h7-11,19-20,23-26,28H,6,12-18H2,1-5H3/t20?,23-,24+,25+,26-,28-,29-,30+/m1/s1. The zero-order valence-electron chi connectivity index (χ0n) is 20.9. The third-order valence-electron chi connectivity index (χ3n) is 10.9. The summed E-state index contributed by atoms with van der Waals surface area (Å²) in [4.78, 5) is 14.6. The van der Waals surface area contributed by atoms with Crippen LogP contribution in [0.1, 0.15) is 84.6 Å². The second-order valence-electron chi connectivity index (χ2n) is 12.2. The lowest BCUT2D eigenvalue weighted by atomic mass is 9.46. The molecule has 5 rings (SSSR count). The zero-order valence-corrected chi connectivity index (χ0v) is 20.9. The summed E-state index contributed by atoms with van der Waals surface area (Å²) in [7, 11) is 2.08. The first-order chi connectivity index (χ1) is 15.3. The molecule has 0 bridgehead atoms. The molecule has 4 aliphatic rings. The van der Waals surface area contributed by atoms with Crippen LogP contribution in [0.5, 0.6) is 0 Å². The number of carbonyl (C=O) groups excluding carboxylic acids is 1. The van der Waals surface area contributed by atoms with Crippen LogP contribution < -0.4 is 0 Å². The highest BCUT2D eigenvalue weighted by Crippen LogP contribution is 2.68. The van der Waals surface area contributed by atoms with E-state index in [1.165, 1.54) is 37.7 Å². The summed E-state index contributed by atoms with van der Waals surface area (Å²) in [5, 5.41) is 0. The predicted molar refractivity (Wildman–Crippen MR) is 133 cm³/mol. The molecule has 1 aromatic rings. The summed E-state index contributed by atoms with van der Waals surface area (Å²) in [5.74, 6) is 4.33. The van der Waals surface area contributed by atoms with Gasteiger partial charge in [-0.05, 0) is 90.9 Å². The zero-order chi connectivity index (χ0) is 22.7. The lowest BCUT2D eigenvalue weighted by Crippen LogP contribution is -2.61. The maximum atomic E-state index is 12.4. The molecule has 0 spiro atoms. The van der Waals surface area contributed by atoms with Gasteiger partial charge in [0.1, 0.15) is 0 Å².